The summed E-state index contributed by atoms with van der Waals surface area (Å²) in [4.78, 5) is 0. The summed E-state index contributed by atoms with van der Waals surface area (Å²) in [7, 11) is 1.97. The first-order chi connectivity index (χ1) is 11.5. The maximum atomic E-state index is 4.27. The highest BCUT2D eigenvalue weighted by Crippen LogP contribution is 2.50. The fourth-order valence-electron chi connectivity index (χ4n) is 3.59. The first-order valence-corrected chi connectivity index (χ1v) is 8.45. The fourth-order valence-corrected chi connectivity index (χ4v) is 3.59. The number of anilines is 1. The van der Waals surface area contributed by atoms with Gasteiger partial charge >= 0.3 is 0 Å². The maximum absolute atomic E-state index is 4.27. The lowest BCUT2D eigenvalue weighted by molar-refractivity contribution is 0.660. The van der Waals surface area contributed by atoms with Crippen LogP contribution in [-0.4, -0.2) is 7.05 Å². The summed E-state index contributed by atoms with van der Waals surface area (Å²) in [6, 6.07) is 13.3. The Hall–Kier alpha value is -2.54. The van der Waals surface area contributed by atoms with Gasteiger partial charge in [0.15, 0.2) is 0 Å². The Morgan fingerprint density at radius 3 is 2.50 bits per heavy atom. The molecule has 0 amide bonds. The van der Waals surface area contributed by atoms with E-state index in [-0.39, 0.29) is 5.41 Å². The van der Waals surface area contributed by atoms with Crippen LogP contribution in [-0.2, 0) is 5.41 Å². The van der Waals surface area contributed by atoms with Gasteiger partial charge in [0.1, 0.15) is 0 Å². The molecule has 2 aromatic carbocycles. The van der Waals surface area contributed by atoms with E-state index in [1.165, 1.54) is 22.3 Å². The molecule has 0 aliphatic heterocycles. The van der Waals surface area contributed by atoms with Crippen molar-refractivity contribution in [1.82, 2.24) is 0 Å². The second-order valence-electron chi connectivity index (χ2n) is 6.77. The summed E-state index contributed by atoms with van der Waals surface area (Å²) >= 11 is 0. The van der Waals surface area contributed by atoms with Gasteiger partial charge in [0.05, 0.1) is 0 Å². The van der Waals surface area contributed by atoms with Crippen molar-refractivity contribution in [3.8, 4) is 11.1 Å². The standard InChI is InChI=1S/C23H25N/c1-6-7-8-11-16(2)18-14-21-19(15-22(18)24-5)17-12-9-10-13-20(17)23(21,3)4/h6-15,24H,2H2,1,3-5H3/b7-6-,11-8-. The highest BCUT2D eigenvalue weighted by molar-refractivity contribution is 5.89. The van der Waals surface area contributed by atoms with Crippen LogP contribution in [0.3, 0.4) is 0 Å². The molecule has 0 spiro atoms. The smallest absolute Gasteiger partial charge is 0.0423 e. The predicted octanol–water partition coefficient (Wildman–Crippen LogP) is 6.18. The van der Waals surface area contributed by atoms with Gasteiger partial charge in [-0.3, -0.25) is 0 Å². The molecule has 0 heterocycles. The molecule has 3 rings (SSSR count). The van der Waals surface area contributed by atoms with Crippen molar-refractivity contribution in [3.63, 3.8) is 0 Å². The quantitative estimate of drug-likeness (QED) is 0.664. The zero-order chi connectivity index (χ0) is 17.3. The molecule has 24 heavy (non-hydrogen) atoms. The molecule has 0 bridgehead atoms. The molecule has 0 fully saturated rings. The molecular weight excluding hydrogens is 290 g/mol. The highest BCUT2D eigenvalue weighted by atomic mass is 14.8. The molecular formula is C23H25N. The largest absolute Gasteiger partial charge is 0.388 e. The van der Waals surface area contributed by atoms with Gasteiger partial charge in [-0.1, -0.05) is 69.0 Å². The lowest BCUT2D eigenvalue weighted by atomic mass is 9.81. The van der Waals surface area contributed by atoms with E-state index in [0.717, 1.165) is 16.8 Å². The van der Waals surface area contributed by atoms with Crippen molar-refractivity contribution in [1.29, 1.82) is 0 Å². The molecule has 0 unspecified atom stereocenters. The molecule has 122 valence electrons. The number of rotatable bonds is 4. The van der Waals surface area contributed by atoms with Gasteiger partial charge in [-0.05, 0) is 46.9 Å². The van der Waals surface area contributed by atoms with Crippen molar-refractivity contribution in [2.24, 2.45) is 0 Å². The number of hydrogen-bond acceptors (Lipinski definition) is 1. The number of allylic oxidation sites excluding steroid dienone is 5. The highest BCUT2D eigenvalue weighted by Gasteiger charge is 2.35. The molecule has 0 saturated carbocycles. The molecule has 0 saturated heterocycles. The second kappa shape index (κ2) is 6.16. The van der Waals surface area contributed by atoms with Crippen LogP contribution >= 0.6 is 0 Å². The Labute approximate surface area is 145 Å². The van der Waals surface area contributed by atoms with Crippen LogP contribution in [0.15, 0.2) is 67.3 Å². The van der Waals surface area contributed by atoms with Crippen LogP contribution in [0.1, 0.15) is 37.5 Å². The van der Waals surface area contributed by atoms with Crippen LogP contribution in [0.25, 0.3) is 16.7 Å². The third-order valence-corrected chi connectivity index (χ3v) is 4.94. The van der Waals surface area contributed by atoms with Gasteiger partial charge in [-0.2, -0.15) is 0 Å². The summed E-state index contributed by atoms with van der Waals surface area (Å²) in [6.45, 7) is 10.9. The molecule has 0 radical (unpaired) electrons. The normalized spacial score (nSPS) is 14.8. The van der Waals surface area contributed by atoms with Gasteiger partial charge < -0.3 is 5.32 Å². The van der Waals surface area contributed by atoms with E-state index in [9.17, 15) is 0 Å². The van der Waals surface area contributed by atoms with Crippen LogP contribution in [0.5, 0.6) is 0 Å². The predicted molar refractivity (Wildman–Crippen MR) is 107 cm³/mol. The first-order valence-electron chi connectivity index (χ1n) is 8.45. The number of benzene rings is 2. The summed E-state index contributed by atoms with van der Waals surface area (Å²) < 4.78 is 0. The molecule has 1 N–H and O–H groups in total. The lowest BCUT2D eigenvalue weighted by Crippen LogP contribution is -2.15. The minimum atomic E-state index is 0.0142. The van der Waals surface area contributed by atoms with E-state index in [0.29, 0.717) is 0 Å². The van der Waals surface area contributed by atoms with E-state index >= 15 is 0 Å². The van der Waals surface area contributed by atoms with E-state index < -0.39 is 0 Å². The molecule has 2 aromatic rings. The summed E-state index contributed by atoms with van der Waals surface area (Å²) in [6.07, 6.45) is 8.15. The van der Waals surface area contributed by atoms with Gasteiger partial charge in [0, 0.05) is 23.7 Å². The van der Waals surface area contributed by atoms with Gasteiger partial charge in [0.2, 0.25) is 0 Å². The molecule has 0 atom stereocenters. The van der Waals surface area contributed by atoms with E-state index in [1.807, 2.05) is 32.2 Å². The van der Waals surface area contributed by atoms with Gasteiger partial charge in [-0.15, -0.1) is 0 Å². The average Bonchev–Trinajstić information content (AvgIpc) is 2.82. The Bertz CT molecular complexity index is 850. The van der Waals surface area contributed by atoms with Crippen LogP contribution < -0.4 is 5.32 Å². The Morgan fingerprint density at radius 1 is 1.04 bits per heavy atom. The number of hydrogen-bond donors (Lipinski definition) is 1. The maximum Gasteiger partial charge on any atom is 0.0423 e. The Morgan fingerprint density at radius 2 is 1.79 bits per heavy atom. The van der Waals surface area contributed by atoms with Crippen molar-refractivity contribution >= 4 is 11.3 Å². The molecule has 0 aromatic heterocycles. The number of nitrogens with one attached hydrogen (secondary N) is 1. The van der Waals surface area contributed by atoms with Crippen LogP contribution in [0.2, 0.25) is 0 Å². The van der Waals surface area contributed by atoms with Crippen molar-refractivity contribution in [2.45, 2.75) is 26.2 Å². The van der Waals surface area contributed by atoms with Crippen LogP contribution in [0, 0.1) is 0 Å². The van der Waals surface area contributed by atoms with Gasteiger partial charge in [0.25, 0.3) is 0 Å². The van der Waals surface area contributed by atoms with Gasteiger partial charge in [-0.25, -0.2) is 0 Å². The zero-order valence-corrected chi connectivity index (χ0v) is 15.0. The SMILES string of the molecule is C=C(/C=C\C=C/C)c1cc2c(cc1NC)-c1ccccc1C2(C)C. The Balaban J connectivity index is 2.17. The third kappa shape index (κ3) is 2.50. The Kier molecular flexibility index (Phi) is 4.19. The lowest BCUT2D eigenvalue weighted by Gasteiger charge is -2.23. The zero-order valence-electron chi connectivity index (χ0n) is 15.0. The summed E-state index contributed by atoms with van der Waals surface area (Å²) in [5.41, 5.74) is 8.76. The van der Waals surface area contributed by atoms with Crippen molar-refractivity contribution < 1.29 is 0 Å². The third-order valence-electron chi connectivity index (χ3n) is 4.94. The summed E-state index contributed by atoms with van der Waals surface area (Å²) in [5.74, 6) is 0. The number of fused-ring (bicyclic) bond motifs is 3. The van der Waals surface area contributed by atoms with E-state index in [2.05, 4.69) is 68.2 Å². The van der Waals surface area contributed by atoms with E-state index in [4.69, 9.17) is 0 Å². The molecule has 1 heteroatoms. The van der Waals surface area contributed by atoms with Crippen LogP contribution in [0.4, 0.5) is 5.69 Å². The van der Waals surface area contributed by atoms with E-state index in [1.54, 1.807) is 0 Å². The molecule has 1 aliphatic carbocycles. The summed E-state index contributed by atoms with van der Waals surface area (Å²) in [5, 5.41) is 3.34. The second-order valence-corrected chi connectivity index (χ2v) is 6.77. The molecule has 1 nitrogen and oxygen atoms in total. The fraction of sp³-hybridized carbons (Fsp3) is 0.217. The first kappa shape index (κ1) is 16.3. The molecule has 1 aliphatic rings. The van der Waals surface area contributed by atoms with Crippen molar-refractivity contribution in [3.05, 3.63) is 84.0 Å². The van der Waals surface area contributed by atoms with Crippen molar-refractivity contribution in [2.75, 3.05) is 12.4 Å². The monoisotopic (exact) mass is 315 g/mol. The average molecular weight is 315 g/mol. The topological polar surface area (TPSA) is 12.0 Å². The minimum Gasteiger partial charge on any atom is -0.388 e. The minimum absolute atomic E-state index is 0.0142.